The van der Waals surface area contributed by atoms with E-state index in [0.717, 1.165) is 62.0 Å². The van der Waals surface area contributed by atoms with Crippen molar-refractivity contribution in [3.05, 3.63) is 36.4 Å². The van der Waals surface area contributed by atoms with E-state index >= 15 is 0 Å². The SMILES string of the molecule is O=S1(=O)c2cc(OC3CC4CCN3CC4)ccc2-c2ccc(OC3CC4CCN3CC4)cc21. The maximum atomic E-state index is 13.5. The number of sulfone groups is 1. The van der Waals surface area contributed by atoms with Gasteiger partial charge >= 0.3 is 0 Å². The predicted octanol–water partition coefficient (Wildman–Crippen LogP) is 4.14. The highest BCUT2D eigenvalue weighted by atomic mass is 32.2. The fourth-order valence-corrected chi connectivity index (χ4v) is 8.26. The minimum Gasteiger partial charge on any atom is -0.475 e. The first-order valence-electron chi connectivity index (χ1n) is 12.4. The highest BCUT2D eigenvalue weighted by Gasteiger charge is 2.38. The number of nitrogens with zero attached hydrogens (tertiary/aromatic N) is 2. The van der Waals surface area contributed by atoms with Crippen LogP contribution >= 0.6 is 0 Å². The van der Waals surface area contributed by atoms with Crippen molar-refractivity contribution in [3.8, 4) is 22.6 Å². The highest BCUT2D eigenvalue weighted by Crippen LogP contribution is 2.46. The molecule has 9 rings (SSSR count). The maximum Gasteiger partial charge on any atom is 0.208 e. The van der Waals surface area contributed by atoms with Crippen molar-refractivity contribution in [1.82, 2.24) is 9.80 Å². The number of hydrogen-bond acceptors (Lipinski definition) is 6. The molecule has 0 aliphatic carbocycles. The van der Waals surface area contributed by atoms with Gasteiger partial charge < -0.3 is 9.47 Å². The summed E-state index contributed by atoms with van der Waals surface area (Å²) in [6.07, 6.45) is 7.17. The molecular formula is C26H30N2O4S. The molecule has 0 saturated carbocycles. The van der Waals surface area contributed by atoms with Crippen LogP contribution in [-0.4, -0.2) is 56.9 Å². The quantitative estimate of drug-likeness (QED) is 0.576. The normalized spacial score (nSPS) is 35.2. The van der Waals surface area contributed by atoms with E-state index in [0.29, 0.717) is 21.3 Å². The first-order chi connectivity index (χ1) is 16.0. The van der Waals surface area contributed by atoms with E-state index in [9.17, 15) is 8.42 Å². The molecule has 0 spiro atoms. The maximum absolute atomic E-state index is 13.5. The van der Waals surface area contributed by atoms with Crippen LogP contribution in [0.15, 0.2) is 46.2 Å². The second-order valence-corrected chi connectivity index (χ2v) is 12.3. The minimum absolute atomic E-state index is 0.0582. The van der Waals surface area contributed by atoms with E-state index in [1.807, 2.05) is 24.3 Å². The zero-order chi connectivity index (χ0) is 22.2. The van der Waals surface area contributed by atoms with Crippen LogP contribution in [-0.2, 0) is 9.84 Å². The van der Waals surface area contributed by atoms with E-state index in [1.165, 1.54) is 25.7 Å². The van der Waals surface area contributed by atoms with Gasteiger partial charge in [0.05, 0.1) is 9.79 Å². The number of rotatable bonds is 4. The third-order valence-corrected chi connectivity index (χ3v) is 10.3. The lowest BCUT2D eigenvalue weighted by Crippen LogP contribution is -2.51. The number of benzene rings is 2. The van der Waals surface area contributed by atoms with Gasteiger partial charge in [0.25, 0.3) is 0 Å². The number of piperidine rings is 6. The average molecular weight is 467 g/mol. The monoisotopic (exact) mass is 466 g/mol. The van der Waals surface area contributed by atoms with Gasteiger partial charge in [-0.3, -0.25) is 9.80 Å². The molecule has 7 heteroatoms. The Morgan fingerprint density at radius 2 is 1.09 bits per heavy atom. The lowest BCUT2D eigenvalue weighted by atomic mass is 9.87. The van der Waals surface area contributed by atoms with E-state index < -0.39 is 9.84 Å². The molecular weight excluding hydrogens is 436 g/mol. The van der Waals surface area contributed by atoms with Crippen molar-refractivity contribution in [1.29, 1.82) is 0 Å². The third-order valence-electron chi connectivity index (χ3n) is 8.50. The van der Waals surface area contributed by atoms with Crippen LogP contribution in [0.1, 0.15) is 38.5 Å². The van der Waals surface area contributed by atoms with Crippen LogP contribution in [0, 0.1) is 11.8 Å². The summed E-state index contributed by atoms with van der Waals surface area (Å²) in [6.45, 7) is 4.30. The Hall–Kier alpha value is -2.09. The molecule has 6 saturated heterocycles. The molecule has 0 radical (unpaired) electrons. The summed E-state index contributed by atoms with van der Waals surface area (Å²) < 4.78 is 39.6. The Balaban J connectivity index is 1.15. The van der Waals surface area contributed by atoms with Crippen LogP contribution in [0.5, 0.6) is 11.5 Å². The smallest absolute Gasteiger partial charge is 0.208 e. The molecule has 6 nitrogen and oxygen atoms in total. The van der Waals surface area contributed by atoms with Crippen molar-refractivity contribution in [2.24, 2.45) is 11.8 Å². The molecule has 4 bridgehead atoms. The molecule has 0 N–H and O–H groups in total. The number of fused-ring (bicyclic) bond motifs is 9. The van der Waals surface area contributed by atoms with E-state index in [2.05, 4.69) is 9.80 Å². The first kappa shape index (κ1) is 20.3. The van der Waals surface area contributed by atoms with Crippen LogP contribution < -0.4 is 9.47 Å². The van der Waals surface area contributed by atoms with Crippen molar-refractivity contribution < 1.29 is 17.9 Å². The van der Waals surface area contributed by atoms with Gasteiger partial charge in [0.2, 0.25) is 9.84 Å². The van der Waals surface area contributed by atoms with Crippen LogP contribution in [0.4, 0.5) is 0 Å². The molecule has 174 valence electrons. The molecule has 0 aromatic heterocycles. The fraction of sp³-hybridized carbons (Fsp3) is 0.538. The zero-order valence-electron chi connectivity index (χ0n) is 18.8. The molecule has 2 aromatic rings. The number of ether oxygens (including phenoxy) is 2. The summed E-state index contributed by atoms with van der Waals surface area (Å²) in [5.74, 6) is 2.75. The summed E-state index contributed by atoms with van der Waals surface area (Å²) in [5, 5.41) is 0. The molecule has 2 atom stereocenters. The highest BCUT2D eigenvalue weighted by molar-refractivity contribution is 7.92. The van der Waals surface area contributed by atoms with Gasteiger partial charge in [-0.1, -0.05) is 0 Å². The summed E-state index contributed by atoms with van der Waals surface area (Å²) in [6, 6.07) is 11.1. The van der Waals surface area contributed by atoms with Gasteiger partial charge in [0, 0.05) is 50.1 Å². The van der Waals surface area contributed by atoms with E-state index in [-0.39, 0.29) is 12.5 Å². The third kappa shape index (κ3) is 3.31. The lowest BCUT2D eigenvalue weighted by Gasteiger charge is -2.44. The van der Waals surface area contributed by atoms with Gasteiger partial charge in [0.15, 0.2) is 12.5 Å². The fourth-order valence-electron chi connectivity index (χ4n) is 6.54. The van der Waals surface area contributed by atoms with Crippen molar-refractivity contribution in [2.75, 3.05) is 26.2 Å². The van der Waals surface area contributed by atoms with Crippen molar-refractivity contribution in [2.45, 2.75) is 60.8 Å². The topological polar surface area (TPSA) is 59.1 Å². The lowest BCUT2D eigenvalue weighted by molar-refractivity contribution is -0.0607. The van der Waals surface area contributed by atoms with Crippen LogP contribution in [0.3, 0.4) is 0 Å². The number of hydrogen-bond donors (Lipinski definition) is 0. The molecule has 2 unspecified atom stereocenters. The summed E-state index contributed by atoms with van der Waals surface area (Å²) in [5.41, 5.74) is 1.52. The summed E-state index contributed by atoms with van der Waals surface area (Å²) in [7, 11) is -3.60. The van der Waals surface area contributed by atoms with E-state index in [4.69, 9.17) is 9.47 Å². The predicted molar refractivity (Wildman–Crippen MR) is 124 cm³/mol. The van der Waals surface area contributed by atoms with Gasteiger partial charge in [-0.05, 0) is 73.9 Å². The van der Waals surface area contributed by atoms with Gasteiger partial charge in [-0.15, -0.1) is 0 Å². The first-order valence-corrected chi connectivity index (χ1v) is 13.9. The molecule has 0 amide bonds. The minimum atomic E-state index is -3.60. The molecule has 7 aliphatic rings. The Morgan fingerprint density at radius 3 is 1.45 bits per heavy atom. The van der Waals surface area contributed by atoms with Gasteiger partial charge in [0.1, 0.15) is 11.5 Å². The molecule has 2 aromatic carbocycles. The van der Waals surface area contributed by atoms with E-state index in [1.54, 1.807) is 12.1 Å². The Labute approximate surface area is 195 Å². The second kappa shape index (κ2) is 7.45. The van der Waals surface area contributed by atoms with Crippen molar-refractivity contribution in [3.63, 3.8) is 0 Å². The Bertz CT molecular complexity index is 1110. The van der Waals surface area contributed by atoms with Gasteiger partial charge in [-0.25, -0.2) is 8.42 Å². The van der Waals surface area contributed by atoms with Crippen LogP contribution in [0.25, 0.3) is 11.1 Å². The zero-order valence-corrected chi connectivity index (χ0v) is 19.6. The Morgan fingerprint density at radius 1 is 0.667 bits per heavy atom. The standard InChI is InChI=1S/C26H30N2O4S/c29-33(30)23-15-19(31-25-13-17-5-9-27(25)10-6-17)1-3-21(23)22-4-2-20(16-24(22)33)32-26-14-18-7-11-28(26)12-8-18/h1-4,15-18,25-26H,5-14H2. The van der Waals surface area contributed by atoms with Gasteiger partial charge in [-0.2, -0.15) is 0 Å². The second-order valence-electron chi connectivity index (χ2n) is 10.4. The van der Waals surface area contributed by atoms with Crippen molar-refractivity contribution >= 4 is 9.84 Å². The molecule has 33 heavy (non-hydrogen) atoms. The Kier molecular flexibility index (Phi) is 4.58. The largest absolute Gasteiger partial charge is 0.475 e. The van der Waals surface area contributed by atoms with Crippen LogP contribution in [0.2, 0.25) is 0 Å². The molecule has 7 heterocycles. The molecule has 6 fully saturated rings. The molecule has 7 aliphatic heterocycles. The summed E-state index contributed by atoms with van der Waals surface area (Å²) in [4.78, 5) is 5.47. The average Bonchev–Trinajstić information content (AvgIpc) is 3.07. The summed E-state index contributed by atoms with van der Waals surface area (Å²) >= 11 is 0.